The zero-order valence-corrected chi connectivity index (χ0v) is 23.6. The molecule has 0 saturated carbocycles. The van der Waals surface area contributed by atoms with Crippen LogP contribution < -0.4 is 15.6 Å². The van der Waals surface area contributed by atoms with E-state index in [2.05, 4.69) is 19.2 Å². The van der Waals surface area contributed by atoms with Gasteiger partial charge in [0.05, 0.1) is 23.4 Å². The summed E-state index contributed by atoms with van der Waals surface area (Å²) in [6, 6.07) is 13.5. The predicted octanol–water partition coefficient (Wildman–Crippen LogP) is 6.71. The molecule has 37 heavy (non-hydrogen) atoms. The number of amides is 1. The smallest absolute Gasteiger partial charge is 0.267 e. The van der Waals surface area contributed by atoms with Crippen molar-refractivity contribution in [1.29, 1.82) is 0 Å². The molecular formula is C29H33N3O3S2. The monoisotopic (exact) mass is 535 g/mol. The van der Waals surface area contributed by atoms with Gasteiger partial charge in [0.15, 0.2) is 5.16 Å². The average molecular weight is 536 g/mol. The van der Waals surface area contributed by atoms with Gasteiger partial charge in [-0.3, -0.25) is 14.2 Å². The number of nitrogens with zero attached hydrogens (tertiary/aromatic N) is 2. The molecule has 0 bridgehead atoms. The summed E-state index contributed by atoms with van der Waals surface area (Å²) in [5.74, 6) is 0.748. The van der Waals surface area contributed by atoms with E-state index >= 15 is 0 Å². The fourth-order valence-corrected chi connectivity index (χ4v) is 6.50. The van der Waals surface area contributed by atoms with Gasteiger partial charge in [0.1, 0.15) is 10.6 Å². The van der Waals surface area contributed by atoms with Crippen molar-refractivity contribution in [3.8, 4) is 11.4 Å². The van der Waals surface area contributed by atoms with Crippen LogP contribution in [-0.2, 0) is 17.6 Å². The highest BCUT2D eigenvalue weighted by Gasteiger charge is 2.20. The van der Waals surface area contributed by atoms with Crippen molar-refractivity contribution in [2.75, 3.05) is 17.7 Å². The zero-order valence-electron chi connectivity index (χ0n) is 22.0. The number of thiophene rings is 1. The van der Waals surface area contributed by atoms with Crippen LogP contribution in [-0.4, -0.2) is 27.8 Å². The number of carbonyl (C=O) groups is 1. The molecule has 6 nitrogen and oxygen atoms in total. The second-order valence-corrected chi connectivity index (χ2v) is 10.9. The number of ether oxygens (including phenoxy) is 1. The van der Waals surface area contributed by atoms with Crippen molar-refractivity contribution < 1.29 is 9.53 Å². The first-order valence-electron chi connectivity index (χ1n) is 12.7. The number of para-hydroxylation sites is 1. The van der Waals surface area contributed by atoms with Crippen molar-refractivity contribution in [2.45, 2.75) is 59.0 Å². The van der Waals surface area contributed by atoms with E-state index in [9.17, 15) is 9.59 Å². The molecule has 4 aromatic rings. The molecule has 0 radical (unpaired) electrons. The molecular weight excluding hydrogens is 502 g/mol. The van der Waals surface area contributed by atoms with Crippen molar-refractivity contribution in [3.63, 3.8) is 0 Å². The second-order valence-electron chi connectivity index (χ2n) is 8.84. The van der Waals surface area contributed by atoms with Gasteiger partial charge in [-0.2, -0.15) is 0 Å². The van der Waals surface area contributed by atoms with Crippen LogP contribution >= 0.6 is 23.1 Å². The summed E-state index contributed by atoms with van der Waals surface area (Å²) in [7, 11) is 0. The molecule has 1 N–H and O–H groups in total. The summed E-state index contributed by atoms with van der Waals surface area (Å²) in [5.41, 5.74) is 4.57. The Balaban J connectivity index is 1.72. The third-order valence-corrected chi connectivity index (χ3v) is 8.44. The number of rotatable bonds is 10. The maximum absolute atomic E-state index is 13.8. The Hall–Kier alpha value is -3.10. The van der Waals surface area contributed by atoms with E-state index < -0.39 is 0 Å². The first kappa shape index (κ1) is 26.9. The molecule has 194 valence electrons. The molecule has 0 atom stereocenters. The maximum atomic E-state index is 13.8. The van der Waals surface area contributed by atoms with Crippen LogP contribution in [0.4, 0.5) is 5.69 Å². The number of nitrogens with one attached hydrogen (secondary N) is 1. The van der Waals surface area contributed by atoms with Crippen molar-refractivity contribution >= 4 is 44.9 Å². The minimum atomic E-state index is -0.129. The lowest BCUT2D eigenvalue weighted by Gasteiger charge is -2.15. The summed E-state index contributed by atoms with van der Waals surface area (Å²) in [4.78, 5) is 33.7. The molecule has 0 saturated heterocycles. The van der Waals surface area contributed by atoms with Crippen LogP contribution in [0.2, 0.25) is 0 Å². The number of fused-ring (bicyclic) bond motifs is 1. The van der Waals surface area contributed by atoms with Gasteiger partial charge < -0.3 is 10.1 Å². The van der Waals surface area contributed by atoms with Crippen molar-refractivity contribution in [3.05, 3.63) is 74.4 Å². The topological polar surface area (TPSA) is 73.2 Å². The lowest BCUT2D eigenvalue weighted by Crippen LogP contribution is -2.23. The first-order chi connectivity index (χ1) is 17.9. The number of aromatic nitrogens is 2. The lowest BCUT2D eigenvalue weighted by molar-refractivity contribution is -0.113. The van der Waals surface area contributed by atoms with Gasteiger partial charge in [-0.25, -0.2) is 4.98 Å². The largest absolute Gasteiger partial charge is 0.494 e. The van der Waals surface area contributed by atoms with Crippen molar-refractivity contribution in [1.82, 2.24) is 9.55 Å². The van der Waals surface area contributed by atoms with E-state index in [0.29, 0.717) is 22.8 Å². The first-order valence-corrected chi connectivity index (χ1v) is 14.5. The standard InChI is InChI=1S/C29H33N3O3S2/c1-6-10-23-19(5)25-27(37-23)31-29(32(28(25)34)21-13-15-22(16-14-21)35-8-3)36-17-24(33)30-26-18(4)11-9-12-20(26)7-2/h9,11-16H,6-8,10,17H2,1-5H3,(H,30,33). The Labute approximate surface area is 226 Å². The summed E-state index contributed by atoms with van der Waals surface area (Å²) in [6.45, 7) is 10.7. The number of aryl methyl sites for hydroxylation is 4. The Kier molecular flexibility index (Phi) is 8.71. The number of hydrogen-bond acceptors (Lipinski definition) is 6. The van der Waals surface area contributed by atoms with Gasteiger partial charge in [-0.05, 0) is 74.6 Å². The fraction of sp³-hybridized carbons (Fsp3) is 0.345. The zero-order chi connectivity index (χ0) is 26.5. The van der Waals surface area contributed by atoms with Gasteiger partial charge in [-0.15, -0.1) is 11.3 Å². The van der Waals surface area contributed by atoms with Crippen molar-refractivity contribution in [2.24, 2.45) is 0 Å². The highest BCUT2D eigenvalue weighted by molar-refractivity contribution is 7.99. The molecule has 2 heterocycles. The Bertz CT molecular complexity index is 1470. The predicted molar refractivity (Wildman–Crippen MR) is 155 cm³/mol. The molecule has 0 aliphatic rings. The Morgan fingerprint density at radius 1 is 1.11 bits per heavy atom. The molecule has 0 spiro atoms. The molecule has 0 aliphatic heterocycles. The van der Waals surface area contributed by atoms with Gasteiger partial charge in [-0.1, -0.05) is 50.2 Å². The van der Waals surface area contributed by atoms with Crippen LogP contribution in [0.25, 0.3) is 15.9 Å². The van der Waals surface area contributed by atoms with E-state index in [-0.39, 0.29) is 17.2 Å². The normalized spacial score (nSPS) is 11.2. The highest BCUT2D eigenvalue weighted by atomic mass is 32.2. The number of benzene rings is 2. The molecule has 4 rings (SSSR count). The van der Waals surface area contributed by atoms with E-state index in [4.69, 9.17) is 9.72 Å². The molecule has 0 aliphatic carbocycles. The third-order valence-electron chi connectivity index (χ3n) is 6.25. The van der Waals surface area contributed by atoms with E-state index in [1.807, 2.05) is 63.2 Å². The van der Waals surface area contributed by atoms with Gasteiger partial charge in [0.25, 0.3) is 5.56 Å². The molecule has 1 amide bonds. The SMILES string of the molecule is CCCc1sc2nc(SCC(=O)Nc3c(C)cccc3CC)n(-c3ccc(OCC)cc3)c(=O)c2c1C. The second kappa shape index (κ2) is 12.0. The molecule has 0 fully saturated rings. The average Bonchev–Trinajstić information content (AvgIpc) is 3.20. The van der Waals surface area contributed by atoms with Gasteiger partial charge >= 0.3 is 0 Å². The van der Waals surface area contributed by atoms with E-state index in [1.54, 1.807) is 15.9 Å². The molecule has 2 aromatic heterocycles. The molecule has 2 aromatic carbocycles. The summed E-state index contributed by atoms with van der Waals surface area (Å²) in [5, 5.41) is 4.23. The number of hydrogen-bond donors (Lipinski definition) is 1. The van der Waals surface area contributed by atoms with E-state index in [0.717, 1.165) is 52.2 Å². The van der Waals surface area contributed by atoms with Gasteiger partial charge in [0.2, 0.25) is 5.91 Å². The third kappa shape index (κ3) is 5.75. The number of thioether (sulfide) groups is 1. The minimum absolute atomic E-state index is 0.111. The van der Waals surface area contributed by atoms with Crippen LogP contribution in [0.1, 0.15) is 48.8 Å². The summed E-state index contributed by atoms with van der Waals surface area (Å²) >= 11 is 2.85. The van der Waals surface area contributed by atoms with Crippen LogP contribution in [0.15, 0.2) is 52.4 Å². The number of anilines is 1. The Morgan fingerprint density at radius 2 is 1.86 bits per heavy atom. The number of carbonyl (C=O) groups excluding carboxylic acids is 1. The lowest BCUT2D eigenvalue weighted by atomic mass is 10.1. The van der Waals surface area contributed by atoms with Gasteiger partial charge in [0, 0.05) is 10.6 Å². The quantitative estimate of drug-likeness (QED) is 0.180. The van der Waals surface area contributed by atoms with Crippen LogP contribution in [0.3, 0.4) is 0 Å². The van der Waals surface area contributed by atoms with E-state index in [1.165, 1.54) is 16.6 Å². The molecule has 8 heteroatoms. The maximum Gasteiger partial charge on any atom is 0.267 e. The molecule has 0 unspecified atom stereocenters. The Morgan fingerprint density at radius 3 is 2.54 bits per heavy atom. The summed E-state index contributed by atoms with van der Waals surface area (Å²) in [6.07, 6.45) is 2.75. The van der Waals surface area contributed by atoms with Crippen LogP contribution in [0.5, 0.6) is 5.75 Å². The highest BCUT2D eigenvalue weighted by Crippen LogP contribution is 2.31. The van der Waals surface area contributed by atoms with Crippen LogP contribution in [0, 0.1) is 13.8 Å². The fourth-order valence-electron chi connectivity index (χ4n) is 4.37. The summed E-state index contributed by atoms with van der Waals surface area (Å²) < 4.78 is 7.20. The minimum Gasteiger partial charge on any atom is -0.494 e.